The highest BCUT2D eigenvalue weighted by Crippen LogP contribution is 2.32. The molecule has 0 aliphatic carbocycles. The third kappa shape index (κ3) is 2.98. The monoisotopic (exact) mass is 205 g/mol. The Morgan fingerprint density at radius 1 is 0.733 bits per heavy atom. The van der Waals surface area contributed by atoms with Crippen molar-refractivity contribution >= 4 is 0 Å². The summed E-state index contributed by atoms with van der Waals surface area (Å²) in [6.07, 6.45) is 0. The Hall–Kier alpha value is -0.980. The summed E-state index contributed by atoms with van der Waals surface area (Å²) in [7, 11) is 0. The molecule has 0 N–H and O–H groups in total. The van der Waals surface area contributed by atoms with Gasteiger partial charge in [-0.1, -0.05) is 47.6 Å². The molecule has 1 rings (SSSR count). The van der Waals surface area contributed by atoms with Crippen molar-refractivity contribution in [2.75, 3.05) is 0 Å². The Kier molecular flexibility index (Phi) is 2.86. The molecule has 15 heavy (non-hydrogen) atoms. The maximum atomic E-state index is 11.6. The van der Waals surface area contributed by atoms with Gasteiger partial charge in [-0.3, -0.25) is 5.11 Å². The van der Waals surface area contributed by atoms with Crippen molar-refractivity contribution in [1.82, 2.24) is 0 Å². The number of benzene rings is 1. The molecule has 0 saturated carbocycles. The van der Waals surface area contributed by atoms with Crippen LogP contribution in [0.15, 0.2) is 18.2 Å². The van der Waals surface area contributed by atoms with Crippen LogP contribution in [0.5, 0.6) is 5.75 Å². The Labute approximate surface area is 93.1 Å². The number of rotatable bonds is 0. The molecule has 1 radical (unpaired) electrons. The maximum absolute atomic E-state index is 11.6. The van der Waals surface area contributed by atoms with Gasteiger partial charge in [-0.05, 0) is 34.1 Å². The highest BCUT2D eigenvalue weighted by atomic mass is 16.3. The summed E-state index contributed by atoms with van der Waals surface area (Å²) in [6.45, 7) is 12.8. The minimum atomic E-state index is 0.0421. The Bertz CT molecular complexity index is 318. The van der Waals surface area contributed by atoms with Gasteiger partial charge in [-0.15, -0.1) is 0 Å². The fourth-order valence-corrected chi connectivity index (χ4v) is 1.47. The average Bonchev–Trinajstić information content (AvgIpc) is 1.99. The van der Waals surface area contributed by atoms with E-state index in [0.29, 0.717) is 0 Å². The molecule has 1 nitrogen and oxygen atoms in total. The van der Waals surface area contributed by atoms with E-state index in [1.165, 1.54) is 0 Å². The topological polar surface area (TPSA) is 19.9 Å². The lowest BCUT2D eigenvalue weighted by molar-refractivity contribution is 0.351. The summed E-state index contributed by atoms with van der Waals surface area (Å²) in [5.41, 5.74) is 2.33. The Morgan fingerprint density at radius 2 is 1.07 bits per heavy atom. The molecule has 83 valence electrons. The number of hydrogen-bond donors (Lipinski definition) is 0. The van der Waals surface area contributed by atoms with E-state index in [0.717, 1.165) is 11.1 Å². The van der Waals surface area contributed by atoms with Crippen molar-refractivity contribution in [3.8, 4) is 5.75 Å². The highest BCUT2D eigenvalue weighted by molar-refractivity contribution is 5.39. The Morgan fingerprint density at radius 3 is 1.33 bits per heavy atom. The van der Waals surface area contributed by atoms with Gasteiger partial charge in [0.1, 0.15) is 0 Å². The summed E-state index contributed by atoms with van der Waals surface area (Å²) in [5, 5.41) is 11.6. The van der Waals surface area contributed by atoms with E-state index in [1.807, 2.05) is 0 Å². The SMILES string of the molecule is CC(C)(C)c1cc([O])cc(C(C)(C)C)c1. The van der Waals surface area contributed by atoms with Crippen LogP contribution in [0.3, 0.4) is 0 Å². The normalized spacial score (nSPS) is 12.9. The summed E-state index contributed by atoms with van der Waals surface area (Å²) in [4.78, 5) is 0. The molecule has 0 unspecified atom stereocenters. The van der Waals surface area contributed by atoms with Gasteiger partial charge in [0, 0.05) is 0 Å². The van der Waals surface area contributed by atoms with Crippen LogP contribution in [-0.2, 0) is 15.9 Å². The zero-order chi connectivity index (χ0) is 11.9. The van der Waals surface area contributed by atoms with Crippen LogP contribution in [0, 0.1) is 0 Å². The summed E-state index contributed by atoms with van der Waals surface area (Å²) in [6, 6.07) is 5.64. The summed E-state index contributed by atoms with van der Waals surface area (Å²) >= 11 is 0. The fraction of sp³-hybridized carbons (Fsp3) is 0.571. The molecule has 1 heteroatoms. The van der Waals surface area contributed by atoms with Crippen molar-refractivity contribution < 1.29 is 5.11 Å². The van der Waals surface area contributed by atoms with Gasteiger partial charge in [0.05, 0.1) is 0 Å². The first kappa shape index (κ1) is 12.1. The minimum Gasteiger partial charge on any atom is -0.290 e. The van der Waals surface area contributed by atoms with Gasteiger partial charge in [0.15, 0.2) is 5.75 Å². The predicted molar refractivity (Wildman–Crippen MR) is 64.0 cm³/mol. The van der Waals surface area contributed by atoms with Gasteiger partial charge in [-0.25, -0.2) is 0 Å². The van der Waals surface area contributed by atoms with Crippen LogP contribution in [0.4, 0.5) is 0 Å². The van der Waals surface area contributed by atoms with Crippen molar-refractivity contribution in [1.29, 1.82) is 0 Å². The van der Waals surface area contributed by atoms with Crippen LogP contribution < -0.4 is 0 Å². The molecule has 1 aromatic rings. The van der Waals surface area contributed by atoms with Crippen molar-refractivity contribution in [3.05, 3.63) is 29.3 Å². The van der Waals surface area contributed by atoms with Crippen LogP contribution in [-0.4, -0.2) is 0 Å². The van der Waals surface area contributed by atoms with Crippen LogP contribution >= 0.6 is 0 Å². The van der Waals surface area contributed by atoms with Crippen molar-refractivity contribution in [3.63, 3.8) is 0 Å². The maximum Gasteiger partial charge on any atom is 0.179 e. The predicted octanol–water partition coefficient (Wildman–Crippen LogP) is 4.43. The Balaban J connectivity index is 3.30. The van der Waals surface area contributed by atoms with E-state index < -0.39 is 0 Å². The van der Waals surface area contributed by atoms with Gasteiger partial charge < -0.3 is 0 Å². The number of hydrogen-bond acceptors (Lipinski definition) is 0. The molecule has 0 aromatic heterocycles. The second-order valence-electron chi connectivity index (χ2n) is 6.25. The zero-order valence-electron chi connectivity index (χ0n) is 10.6. The smallest absolute Gasteiger partial charge is 0.179 e. The first-order valence-corrected chi connectivity index (χ1v) is 5.44. The molecule has 0 saturated heterocycles. The second-order valence-corrected chi connectivity index (χ2v) is 6.25. The van der Waals surface area contributed by atoms with Gasteiger partial charge in [0.2, 0.25) is 0 Å². The first-order chi connectivity index (χ1) is 6.60. The largest absolute Gasteiger partial charge is 0.290 e. The minimum absolute atomic E-state index is 0.0421. The lowest BCUT2D eigenvalue weighted by atomic mass is 9.80. The van der Waals surface area contributed by atoms with E-state index in [1.54, 1.807) is 12.1 Å². The standard InChI is InChI=1S/C14H21O/c1-13(2,3)10-7-11(14(4,5)6)9-12(15)8-10/h7-9H,1-6H3. The molecule has 1 aromatic carbocycles. The molecule has 0 bridgehead atoms. The fourth-order valence-electron chi connectivity index (χ4n) is 1.47. The van der Waals surface area contributed by atoms with E-state index in [9.17, 15) is 5.11 Å². The van der Waals surface area contributed by atoms with E-state index in [4.69, 9.17) is 0 Å². The van der Waals surface area contributed by atoms with E-state index in [-0.39, 0.29) is 16.6 Å². The van der Waals surface area contributed by atoms with Crippen LogP contribution in [0.25, 0.3) is 0 Å². The summed E-state index contributed by atoms with van der Waals surface area (Å²) in [5.74, 6) is 0.118. The third-order valence-corrected chi connectivity index (χ3v) is 2.64. The quantitative estimate of drug-likeness (QED) is 0.597. The first-order valence-electron chi connectivity index (χ1n) is 5.44. The molecular formula is C14H21O. The lowest BCUT2D eigenvalue weighted by Gasteiger charge is -2.24. The van der Waals surface area contributed by atoms with Crippen molar-refractivity contribution in [2.45, 2.75) is 52.4 Å². The third-order valence-electron chi connectivity index (χ3n) is 2.64. The molecule has 0 heterocycles. The highest BCUT2D eigenvalue weighted by Gasteiger charge is 2.20. The molecule has 0 atom stereocenters. The molecule has 0 amide bonds. The van der Waals surface area contributed by atoms with E-state index in [2.05, 4.69) is 47.6 Å². The van der Waals surface area contributed by atoms with E-state index >= 15 is 0 Å². The van der Waals surface area contributed by atoms with Gasteiger partial charge >= 0.3 is 0 Å². The van der Waals surface area contributed by atoms with Crippen LogP contribution in [0.1, 0.15) is 52.7 Å². The van der Waals surface area contributed by atoms with Crippen molar-refractivity contribution in [2.24, 2.45) is 0 Å². The van der Waals surface area contributed by atoms with Crippen LogP contribution in [0.2, 0.25) is 0 Å². The molecule has 0 fully saturated rings. The molecule has 0 aliphatic heterocycles. The van der Waals surface area contributed by atoms with Gasteiger partial charge in [0.25, 0.3) is 0 Å². The second kappa shape index (κ2) is 3.55. The molecule has 0 aliphatic rings. The zero-order valence-corrected chi connectivity index (χ0v) is 10.6. The molecular weight excluding hydrogens is 184 g/mol. The summed E-state index contributed by atoms with van der Waals surface area (Å²) < 4.78 is 0. The molecule has 0 spiro atoms. The lowest BCUT2D eigenvalue weighted by Crippen LogP contribution is -2.15. The average molecular weight is 205 g/mol. The van der Waals surface area contributed by atoms with Gasteiger partial charge in [-0.2, -0.15) is 0 Å².